The average Bonchev–Trinajstić information content (AvgIpc) is 3.60. The zero-order valence-electron chi connectivity index (χ0n) is 19.7. The Morgan fingerprint density at radius 3 is 2.75 bits per heavy atom. The second-order valence-corrected chi connectivity index (χ2v) is 10.4. The quantitative estimate of drug-likeness (QED) is 0.370. The van der Waals surface area contributed by atoms with Gasteiger partial charge >= 0.3 is 6.09 Å². The summed E-state index contributed by atoms with van der Waals surface area (Å²) < 4.78 is 13.9. The number of nitrogens with one attached hydrogen (secondary N) is 2. The molecule has 4 heterocycles. The van der Waals surface area contributed by atoms with E-state index in [-0.39, 0.29) is 11.9 Å². The van der Waals surface area contributed by atoms with Crippen LogP contribution in [0, 0.1) is 0 Å². The fourth-order valence-corrected chi connectivity index (χ4v) is 5.34. The zero-order chi connectivity index (χ0) is 25.1. The van der Waals surface area contributed by atoms with Crippen molar-refractivity contribution in [2.24, 2.45) is 0 Å². The van der Waals surface area contributed by atoms with Gasteiger partial charge in [-0.2, -0.15) is 0 Å². The SMILES string of the molecule is CNC(=O)CN1CCC(NC(=O)Oc2cc3ccccc3n2Cc2cc(-c3ccc(Cl)s3)on2)CC1. The molecule has 0 spiro atoms. The van der Waals surface area contributed by atoms with E-state index < -0.39 is 6.09 Å². The van der Waals surface area contributed by atoms with Gasteiger partial charge < -0.3 is 24.5 Å². The molecular weight excluding hydrogens is 502 g/mol. The molecular formula is C25H26ClN5O4S. The third-order valence-electron chi connectivity index (χ3n) is 6.22. The molecule has 188 valence electrons. The van der Waals surface area contributed by atoms with Crippen LogP contribution in [-0.4, -0.2) is 59.3 Å². The number of piperidine rings is 1. The Morgan fingerprint density at radius 1 is 1.19 bits per heavy atom. The monoisotopic (exact) mass is 527 g/mol. The van der Waals surface area contributed by atoms with Crippen molar-refractivity contribution in [1.29, 1.82) is 0 Å². The standard InChI is InChI=1S/C25H26ClN5O4S/c1-27-23(32)15-30-10-8-17(9-11-30)28-25(33)34-24-12-16-4-2-3-5-19(16)31(24)14-18-13-20(35-29-18)21-6-7-22(26)36-21/h2-7,12-13,17H,8-11,14-15H2,1H3,(H,27,32)(H,28,33). The normalized spacial score (nSPS) is 14.7. The summed E-state index contributed by atoms with van der Waals surface area (Å²) in [7, 11) is 1.63. The van der Waals surface area contributed by atoms with Crippen LogP contribution in [0.2, 0.25) is 4.34 Å². The lowest BCUT2D eigenvalue weighted by Gasteiger charge is -2.31. The maximum atomic E-state index is 12.8. The van der Waals surface area contributed by atoms with Crippen LogP contribution in [0.4, 0.5) is 4.79 Å². The van der Waals surface area contributed by atoms with E-state index >= 15 is 0 Å². The molecule has 1 saturated heterocycles. The highest BCUT2D eigenvalue weighted by Gasteiger charge is 2.23. The van der Waals surface area contributed by atoms with E-state index in [0.717, 1.165) is 41.7 Å². The number of amides is 2. The summed E-state index contributed by atoms with van der Waals surface area (Å²) in [5.41, 5.74) is 1.62. The molecule has 0 bridgehead atoms. The Morgan fingerprint density at radius 2 is 2.00 bits per heavy atom. The van der Waals surface area contributed by atoms with Gasteiger partial charge in [-0.25, -0.2) is 4.79 Å². The average molecular weight is 528 g/mol. The minimum absolute atomic E-state index is 0.00735. The number of aromatic nitrogens is 2. The van der Waals surface area contributed by atoms with Crippen molar-refractivity contribution >= 4 is 45.8 Å². The molecule has 0 saturated carbocycles. The van der Waals surface area contributed by atoms with Gasteiger partial charge in [-0.1, -0.05) is 35.0 Å². The summed E-state index contributed by atoms with van der Waals surface area (Å²) in [6, 6.07) is 15.3. The van der Waals surface area contributed by atoms with Gasteiger partial charge in [0.25, 0.3) is 0 Å². The number of para-hydroxylation sites is 1. The van der Waals surface area contributed by atoms with Gasteiger partial charge in [0.15, 0.2) is 5.76 Å². The molecule has 0 atom stereocenters. The molecule has 0 aliphatic carbocycles. The fraction of sp³-hybridized carbons (Fsp3) is 0.320. The van der Waals surface area contributed by atoms with Gasteiger partial charge in [-0.05, 0) is 31.0 Å². The number of thiophene rings is 1. The molecule has 2 N–H and O–H groups in total. The van der Waals surface area contributed by atoms with Crippen molar-refractivity contribution in [3.63, 3.8) is 0 Å². The van der Waals surface area contributed by atoms with Gasteiger partial charge in [0.2, 0.25) is 11.8 Å². The molecule has 36 heavy (non-hydrogen) atoms. The first kappa shape index (κ1) is 24.4. The minimum atomic E-state index is -0.502. The predicted octanol–water partition coefficient (Wildman–Crippen LogP) is 4.36. The summed E-state index contributed by atoms with van der Waals surface area (Å²) in [6.45, 7) is 2.22. The van der Waals surface area contributed by atoms with Crippen LogP contribution >= 0.6 is 22.9 Å². The van der Waals surface area contributed by atoms with Crippen molar-refractivity contribution in [2.75, 3.05) is 26.7 Å². The van der Waals surface area contributed by atoms with E-state index in [1.165, 1.54) is 11.3 Å². The fourth-order valence-electron chi connectivity index (χ4n) is 4.35. The van der Waals surface area contributed by atoms with Crippen molar-refractivity contribution in [3.05, 3.63) is 58.6 Å². The number of hydrogen-bond acceptors (Lipinski definition) is 7. The van der Waals surface area contributed by atoms with E-state index in [0.29, 0.717) is 34.8 Å². The first-order chi connectivity index (χ1) is 17.5. The number of rotatable bonds is 7. The summed E-state index contributed by atoms with van der Waals surface area (Å²) in [6.07, 6.45) is 1.01. The lowest BCUT2D eigenvalue weighted by Crippen LogP contribution is -2.47. The Balaban J connectivity index is 1.27. The molecule has 0 unspecified atom stereocenters. The first-order valence-electron chi connectivity index (χ1n) is 11.7. The van der Waals surface area contributed by atoms with Crippen LogP contribution in [-0.2, 0) is 11.3 Å². The van der Waals surface area contributed by atoms with Crippen LogP contribution in [0.15, 0.2) is 53.1 Å². The topological polar surface area (TPSA) is 102 Å². The molecule has 2 amide bonds. The smallest absolute Gasteiger partial charge is 0.393 e. The van der Waals surface area contributed by atoms with Crippen LogP contribution in [0.5, 0.6) is 5.88 Å². The number of halogens is 1. The Hall–Kier alpha value is -3.34. The van der Waals surface area contributed by atoms with Crippen molar-refractivity contribution in [1.82, 2.24) is 25.3 Å². The van der Waals surface area contributed by atoms with E-state index in [2.05, 4.69) is 20.7 Å². The van der Waals surface area contributed by atoms with Crippen molar-refractivity contribution in [3.8, 4) is 16.5 Å². The Bertz CT molecular complexity index is 1370. The van der Waals surface area contributed by atoms with Crippen LogP contribution in [0.1, 0.15) is 18.5 Å². The third-order valence-corrected chi connectivity index (χ3v) is 7.47. The lowest BCUT2D eigenvalue weighted by molar-refractivity contribution is -0.122. The number of ether oxygens (including phenoxy) is 1. The van der Waals surface area contributed by atoms with E-state index in [4.69, 9.17) is 20.9 Å². The molecule has 4 aromatic rings. The van der Waals surface area contributed by atoms with Crippen LogP contribution in [0.25, 0.3) is 21.5 Å². The number of fused-ring (bicyclic) bond motifs is 1. The molecule has 11 heteroatoms. The second kappa shape index (κ2) is 10.7. The number of hydrogen-bond donors (Lipinski definition) is 2. The molecule has 5 rings (SSSR count). The molecule has 0 radical (unpaired) electrons. The van der Waals surface area contributed by atoms with Gasteiger partial charge in [0.05, 0.1) is 27.8 Å². The lowest BCUT2D eigenvalue weighted by atomic mass is 10.1. The van der Waals surface area contributed by atoms with Crippen molar-refractivity contribution in [2.45, 2.75) is 25.4 Å². The predicted molar refractivity (Wildman–Crippen MR) is 139 cm³/mol. The Labute approximate surface area is 216 Å². The summed E-state index contributed by atoms with van der Waals surface area (Å²) in [5, 5.41) is 10.8. The van der Waals surface area contributed by atoms with E-state index in [1.807, 2.05) is 53.1 Å². The highest BCUT2D eigenvalue weighted by Crippen LogP contribution is 2.32. The Kier molecular flexibility index (Phi) is 7.26. The highest BCUT2D eigenvalue weighted by atomic mass is 35.5. The van der Waals surface area contributed by atoms with Gasteiger partial charge in [-0.15, -0.1) is 11.3 Å². The summed E-state index contributed by atoms with van der Waals surface area (Å²) in [4.78, 5) is 27.4. The van der Waals surface area contributed by atoms with Crippen LogP contribution < -0.4 is 15.4 Å². The van der Waals surface area contributed by atoms with Crippen molar-refractivity contribution < 1.29 is 18.8 Å². The largest absolute Gasteiger partial charge is 0.414 e. The van der Waals surface area contributed by atoms with Gasteiger partial charge in [0, 0.05) is 43.7 Å². The first-order valence-corrected chi connectivity index (χ1v) is 12.9. The number of carbonyl (C=O) groups excluding carboxylic acids is 2. The number of nitrogens with zero attached hydrogens (tertiary/aromatic N) is 3. The molecule has 1 fully saturated rings. The highest BCUT2D eigenvalue weighted by molar-refractivity contribution is 7.19. The maximum absolute atomic E-state index is 12.8. The zero-order valence-corrected chi connectivity index (χ0v) is 21.3. The molecule has 9 nitrogen and oxygen atoms in total. The summed E-state index contributed by atoms with van der Waals surface area (Å²) in [5.74, 6) is 1.06. The molecule has 1 aliphatic heterocycles. The number of carbonyl (C=O) groups is 2. The van der Waals surface area contributed by atoms with Gasteiger partial charge in [-0.3, -0.25) is 9.69 Å². The second-order valence-electron chi connectivity index (χ2n) is 8.67. The number of likely N-dealkylation sites (tertiary alicyclic amines) is 1. The third kappa shape index (κ3) is 5.56. The van der Waals surface area contributed by atoms with E-state index in [9.17, 15) is 9.59 Å². The number of likely N-dealkylation sites (N-methyl/N-ethyl adjacent to an activating group) is 1. The molecule has 3 aromatic heterocycles. The minimum Gasteiger partial charge on any atom is -0.393 e. The van der Waals surface area contributed by atoms with Gasteiger partial charge in [0.1, 0.15) is 5.69 Å². The molecule has 1 aromatic carbocycles. The maximum Gasteiger partial charge on any atom is 0.414 e. The molecule has 1 aliphatic rings. The summed E-state index contributed by atoms with van der Waals surface area (Å²) >= 11 is 7.47. The van der Waals surface area contributed by atoms with Crippen LogP contribution in [0.3, 0.4) is 0 Å². The number of benzene rings is 1. The van der Waals surface area contributed by atoms with E-state index in [1.54, 1.807) is 7.05 Å².